The highest BCUT2D eigenvalue weighted by Crippen LogP contribution is 2.30. The number of benzene rings is 2. The number of carbonyl (C=O) groups excluding carboxylic acids is 1. The van der Waals surface area contributed by atoms with Crippen molar-refractivity contribution in [2.24, 2.45) is 0 Å². The lowest BCUT2D eigenvalue weighted by molar-refractivity contribution is -0.138. The first-order valence-electron chi connectivity index (χ1n) is 9.76. The maximum Gasteiger partial charge on any atom is 0.243 e. The molecular weight excluding hydrogens is 390 g/mol. The Morgan fingerprint density at radius 2 is 1.59 bits per heavy atom. The number of nitrogens with zero attached hydrogens (tertiary/aromatic N) is 3. The zero-order valence-electron chi connectivity index (χ0n) is 16.4. The van der Waals surface area contributed by atoms with Crippen LogP contribution in [-0.2, 0) is 14.8 Å². The second-order valence-electron chi connectivity index (χ2n) is 7.22. The van der Waals surface area contributed by atoms with Crippen molar-refractivity contribution in [1.29, 1.82) is 0 Å². The van der Waals surface area contributed by atoms with Gasteiger partial charge in [-0.05, 0) is 30.7 Å². The van der Waals surface area contributed by atoms with E-state index in [2.05, 4.69) is 4.90 Å². The number of rotatable bonds is 5. The summed E-state index contributed by atoms with van der Waals surface area (Å²) < 4.78 is 32.5. The molecule has 2 aliphatic heterocycles. The van der Waals surface area contributed by atoms with Crippen LogP contribution in [0.25, 0.3) is 0 Å². The fourth-order valence-electron chi connectivity index (χ4n) is 3.90. The third-order valence-electron chi connectivity index (χ3n) is 5.62. The summed E-state index contributed by atoms with van der Waals surface area (Å²) >= 11 is 0. The van der Waals surface area contributed by atoms with E-state index < -0.39 is 16.1 Å². The molecule has 2 heterocycles. The molecule has 0 radical (unpaired) electrons. The summed E-state index contributed by atoms with van der Waals surface area (Å²) in [5.41, 5.74) is 1.01. The van der Waals surface area contributed by atoms with Crippen molar-refractivity contribution in [3.63, 3.8) is 0 Å². The highest BCUT2D eigenvalue weighted by Gasteiger charge is 2.44. The molecule has 2 aromatic rings. The Balaban J connectivity index is 1.41. The molecule has 2 aliphatic rings. The molecule has 154 valence electrons. The van der Waals surface area contributed by atoms with Gasteiger partial charge in [0.25, 0.3) is 0 Å². The summed E-state index contributed by atoms with van der Waals surface area (Å²) in [6.45, 7) is 2.88. The van der Waals surface area contributed by atoms with Crippen LogP contribution in [0, 0.1) is 0 Å². The summed E-state index contributed by atoms with van der Waals surface area (Å²) in [4.78, 5) is 17.2. The summed E-state index contributed by atoms with van der Waals surface area (Å²) in [6, 6.07) is 15.5. The Labute approximate surface area is 171 Å². The monoisotopic (exact) mass is 415 g/mol. The number of sulfonamides is 1. The van der Waals surface area contributed by atoms with Gasteiger partial charge in [-0.2, -0.15) is 4.31 Å². The highest BCUT2D eigenvalue weighted by atomic mass is 32.2. The summed E-state index contributed by atoms with van der Waals surface area (Å²) in [5.74, 6) is 0.710. The lowest BCUT2D eigenvalue weighted by Gasteiger charge is -2.43. The number of amides is 1. The minimum absolute atomic E-state index is 0.101. The molecule has 2 saturated heterocycles. The number of para-hydroxylation sites is 2. The number of carbonyl (C=O) groups is 1. The van der Waals surface area contributed by atoms with E-state index in [1.807, 2.05) is 24.3 Å². The number of hydrogen-bond acceptors (Lipinski definition) is 5. The van der Waals surface area contributed by atoms with Crippen LogP contribution in [-0.4, -0.2) is 69.4 Å². The minimum Gasteiger partial charge on any atom is -0.495 e. The molecule has 0 bridgehead atoms. The molecule has 0 saturated carbocycles. The molecule has 29 heavy (non-hydrogen) atoms. The number of piperazine rings is 1. The van der Waals surface area contributed by atoms with E-state index in [1.165, 1.54) is 4.31 Å². The number of ether oxygens (including phenoxy) is 1. The van der Waals surface area contributed by atoms with Gasteiger partial charge in [0.1, 0.15) is 11.8 Å². The molecule has 2 fully saturated rings. The van der Waals surface area contributed by atoms with Gasteiger partial charge in [0.15, 0.2) is 0 Å². The molecule has 0 spiro atoms. The normalized spacial score (nSPS) is 20.2. The molecular formula is C21H25N3O4S. The summed E-state index contributed by atoms with van der Waals surface area (Å²) in [6.07, 6.45) is 0.567. The molecule has 7 nitrogen and oxygen atoms in total. The lowest BCUT2D eigenvalue weighted by atomic mass is 10.1. The van der Waals surface area contributed by atoms with Crippen molar-refractivity contribution < 1.29 is 17.9 Å². The van der Waals surface area contributed by atoms with Crippen LogP contribution >= 0.6 is 0 Å². The summed E-state index contributed by atoms with van der Waals surface area (Å²) in [5, 5.41) is 0. The van der Waals surface area contributed by atoms with E-state index >= 15 is 0 Å². The predicted molar refractivity (Wildman–Crippen MR) is 111 cm³/mol. The topological polar surface area (TPSA) is 70.2 Å². The van der Waals surface area contributed by atoms with E-state index in [1.54, 1.807) is 42.3 Å². The van der Waals surface area contributed by atoms with Gasteiger partial charge in [0.05, 0.1) is 17.7 Å². The molecule has 8 heteroatoms. The predicted octanol–water partition coefficient (Wildman–Crippen LogP) is 1.81. The van der Waals surface area contributed by atoms with Crippen molar-refractivity contribution >= 4 is 21.6 Å². The van der Waals surface area contributed by atoms with E-state index in [-0.39, 0.29) is 10.8 Å². The van der Waals surface area contributed by atoms with Crippen molar-refractivity contribution in [2.45, 2.75) is 17.4 Å². The standard InChI is InChI=1S/C21H25N3O4S/c1-28-20-10-6-5-9-18(20)22-13-15-23(16-14-22)21(25)19-11-12-24(19)29(26,27)17-7-3-2-4-8-17/h2-10,19H,11-16H2,1H3/t19-/m1/s1. The largest absolute Gasteiger partial charge is 0.495 e. The molecule has 1 amide bonds. The Morgan fingerprint density at radius 3 is 2.21 bits per heavy atom. The van der Waals surface area contributed by atoms with Gasteiger partial charge in [-0.25, -0.2) is 8.42 Å². The van der Waals surface area contributed by atoms with E-state index in [0.717, 1.165) is 11.4 Å². The second-order valence-corrected chi connectivity index (χ2v) is 9.11. The highest BCUT2D eigenvalue weighted by molar-refractivity contribution is 7.89. The van der Waals surface area contributed by atoms with Crippen molar-refractivity contribution in [2.75, 3.05) is 44.7 Å². The van der Waals surface area contributed by atoms with Crippen molar-refractivity contribution in [3.05, 3.63) is 54.6 Å². The van der Waals surface area contributed by atoms with Gasteiger partial charge in [0, 0.05) is 32.7 Å². The quantitative estimate of drug-likeness (QED) is 0.745. The average molecular weight is 416 g/mol. The van der Waals surface area contributed by atoms with Gasteiger partial charge in [-0.3, -0.25) is 4.79 Å². The first-order chi connectivity index (χ1) is 14.0. The van der Waals surface area contributed by atoms with E-state index in [4.69, 9.17) is 4.74 Å². The fraction of sp³-hybridized carbons (Fsp3) is 0.381. The van der Waals surface area contributed by atoms with Crippen molar-refractivity contribution in [3.8, 4) is 5.75 Å². The van der Waals surface area contributed by atoms with Crippen molar-refractivity contribution in [1.82, 2.24) is 9.21 Å². The van der Waals surface area contributed by atoms with Gasteiger partial charge in [0.2, 0.25) is 15.9 Å². The van der Waals surface area contributed by atoms with Crippen LogP contribution < -0.4 is 9.64 Å². The molecule has 0 unspecified atom stereocenters. The molecule has 1 atom stereocenters. The van der Waals surface area contributed by atoms with Gasteiger partial charge < -0.3 is 14.5 Å². The Kier molecular flexibility index (Phi) is 5.47. The zero-order chi connectivity index (χ0) is 20.4. The van der Waals surface area contributed by atoms with Gasteiger partial charge in [-0.15, -0.1) is 0 Å². The van der Waals surface area contributed by atoms with Crippen LogP contribution in [0.2, 0.25) is 0 Å². The molecule has 4 rings (SSSR count). The van der Waals surface area contributed by atoms with Gasteiger partial charge in [-0.1, -0.05) is 30.3 Å². The minimum atomic E-state index is -3.64. The Morgan fingerprint density at radius 1 is 0.931 bits per heavy atom. The third kappa shape index (κ3) is 3.70. The third-order valence-corrected chi connectivity index (χ3v) is 7.55. The van der Waals surface area contributed by atoms with Crippen LogP contribution in [0.1, 0.15) is 6.42 Å². The summed E-state index contributed by atoms with van der Waals surface area (Å²) in [7, 11) is -1.99. The number of methoxy groups -OCH3 is 1. The van der Waals surface area contributed by atoms with Crippen LogP contribution in [0.5, 0.6) is 5.75 Å². The molecule has 0 N–H and O–H groups in total. The number of hydrogen-bond donors (Lipinski definition) is 0. The maximum atomic E-state index is 13.0. The molecule has 2 aromatic carbocycles. The fourth-order valence-corrected chi connectivity index (χ4v) is 5.54. The Bertz CT molecular complexity index is 972. The first-order valence-corrected chi connectivity index (χ1v) is 11.2. The van der Waals surface area contributed by atoms with Crippen LogP contribution in [0.3, 0.4) is 0 Å². The van der Waals surface area contributed by atoms with Gasteiger partial charge >= 0.3 is 0 Å². The SMILES string of the molecule is COc1ccccc1N1CCN(C(=O)[C@H]2CCN2S(=O)(=O)c2ccccc2)CC1. The molecule has 0 aliphatic carbocycles. The smallest absolute Gasteiger partial charge is 0.243 e. The Hall–Kier alpha value is -2.58. The first kappa shape index (κ1) is 19.7. The number of anilines is 1. The van der Waals surface area contributed by atoms with Crippen LogP contribution in [0.4, 0.5) is 5.69 Å². The lowest BCUT2D eigenvalue weighted by Crippen LogP contribution is -2.61. The zero-order valence-corrected chi connectivity index (χ0v) is 17.2. The van der Waals surface area contributed by atoms with E-state index in [0.29, 0.717) is 39.1 Å². The van der Waals surface area contributed by atoms with Crippen LogP contribution in [0.15, 0.2) is 59.5 Å². The maximum absolute atomic E-state index is 13.0. The second kappa shape index (κ2) is 8.04. The van der Waals surface area contributed by atoms with E-state index in [9.17, 15) is 13.2 Å². The molecule has 0 aromatic heterocycles. The average Bonchev–Trinajstić information content (AvgIpc) is 2.73.